The lowest BCUT2D eigenvalue weighted by Crippen LogP contribution is -2.41. The first-order valence-electron chi connectivity index (χ1n) is 8.31. The molecule has 0 saturated carbocycles. The lowest BCUT2D eigenvalue weighted by atomic mass is 10.1. The number of anilines is 1. The molecule has 2 aromatic rings. The number of hydrogen-bond donors (Lipinski definition) is 0. The summed E-state index contributed by atoms with van der Waals surface area (Å²) in [6.07, 6.45) is 0.243. The number of likely N-dealkylation sites (N-methyl/N-ethyl adjacent to an activating group) is 1. The maximum atomic E-state index is 12.9. The molecule has 3 rings (SSSR count). The largest absolute Gasteiger partial charge is 0.287 e. The normalized spacial score (nSPS) is 17.8. The highest BCUT2D eigenvalue weighted by atomic mass is 16.2. The van der Waals surface area contributed by atoms with Gasteiger partial charge in [-0.25, -0.2) is 4.90 Å². The molecule has 0 radical (unpaired) electrons. The minimum Gasteiger partial charge on any atom is -0.287 e. The fourth-order valence-corrected chi connectivity index (χ4v) is 3.13. The second-order valence-electron chi connectivity index (χ2n) is 6.17. The maximum absolute atomic E-state index is 12.9. The molecular formula is C20H22N2O2. The van der Waals surface area contributed by atoms with Gasteiger partial charge in [-0.15, -0.1) is 0 Å². The Bertz CT molecular complexity index is 725. The summed E-state index contributed by atoms with van der Waals surface area (Å²) in [5.74, 6) is -0.248. The Morgan fingerprint density at radius 1 is 1.04 bits per heavy atom. The highest BCUT2D eigenvalue weighted by molar-refractivity contribution is 6.22. The van der Waals surface area contributed by atoms with Crippen molar-refractivity contribution in [2.24, 2.45) is 0 Å². The fraction of sp³-hybridized carbons (Fsp3) is 0.300. The summed E-state index contributed by atoms with van der Waals surface area (Å²) in [4.78, 5) is 28.7. The molecule has 0 aliphatic carbocycles. The summed E-state index contributed by atoms with van der Waals surface area (Å²) in [5, 5.41) is 0. The van der Waals surface area contributed by atoms with Crippen LogP contribution in [-0.4, -0.2) is 29.3 Å². The number of rotatable bonds is 5. The summed E-state index contributed by atoms with van der Waals surface area (Å²) in [6, 6.07) is 17.2. The highest BCUT2D eigenvalue weighted by Gasteiger charge is 2.42. The number of carbonyl (C=O) groups excluding carboxylic acids is 2. The molecule has 0 bridgehead atoms. The van der Waals surface area contributed by atoms with E-state index in [4.69, 9.17) is 0 Å². The Balaban J connectivity index is 1.80. The van der Waals surface area contributed by atoms with Gasteiger partial charge in [0.2, 0.25) is 5.91 Å². The zero-order valence-electron chi connectivity index (χ0n) is 14.1. The van der Waals surface area contributed by atoms with Gasteiger partial charge in [0, 0.05) is 6.54 Å². The molecule has 124 valence electrons. The van der Waals surface area contributed by atoms with E-state index in [1.807, 2.05) is 68.4 Å². The van der Waals surface area contributed by atoms with Crippen LogP contribution in [0.15, 0.2) is 54.6 Å². The van der Waals surface area contributed by atoms with Crippen molar-refractivity contribution in [2.75, 3.05) is 11.4 Å². The van der Waals surface area contributed by atoms with E-state index in [9.17, 15) is 9.59 Å². The van der Waals surface area contributed by atoms with Crippen LogP contribution in [0.2, 0.25) is 0 Å². The molecule has 4 nitrogen and oxygen atoms in total. The van der Waals surface area contributed by atoms with E-state index < -0.39 is 0 Å². The quantitative estimate of drug-likeness (QED) is 0.794. The van der Waals surface area contributed by atoms with Crippen molar-refractivity contribution in [1.82, 2.24) is 4.90 Å². The van der Waals surface area contributed by atoms with Gasteiger partial charge in [-0.2, -0.15) is 0 Å². The van der Waals surface area contributed by atoms with Crippen LogP contribution in [0.3, 0.4) is 0 Å². The van der Waals surface area contributed by atoms with Gasteiger partial charge < -0.3 is 0 Å². The van der Waals surface area contributed by atoms with E-state index in [0.29, 0.717) is 12.2 Å². The van der Waals surface area contributed by atoms with Crippen molar-refractivity contribution in [2.45, 2.75) is 32.9 Å². The van der Waals surface area contributed by atoms with E-state index in [0.717, 1.165) is 17.7 Å². The smallest absolute Gasteiger partial charge is 0.251 e. The molecule has 2 amide bonds. The number of imide groups is 1. The van der Waals surface area contributed by atoms with Crippen LogP contribution in [0.1, 0.15) is 24.5 Å². The number of amides is 2. The second-order valence-corrected chi connectivity index (χ2v) is 6.17. The van der Waals surface area contributed by atoms with Gasteiger partial charge in [-0.05, 0) is 31.2 Å². The number of benzene rings is 2. The molecule has 0 aromatic heterocycles. The van der Waals surface area contributed by atoms with Crippen molar-refractivity contribution in [3.05, 3.63) is 65.7 Å². The summed E-state index contributed by atoms with van der Waals surface area (Å²) in [7, 11) is 0. The molecule has 1 atom stereocenters. The third-order valence-electron chi connectivity index (χ3n) is 4.49. The molecule has 0 unspecified atom stereocenters. The van der Waals surface area contributed by atoms with Gasteiger partial charge in [0.15, 0.2) is 0 Å². The minimum atomic E-state index is -0.385. The lowest BCUT2D eigenvalue weighted by Gasteiger charge is -2.26. The van der Waals surface area contributed by atoms with E-state index in [2.05, 4.69) is 4.90 Å². The molecule has 1 saturated heterocycles. The van der Waals surface area contributed by atoms with Gasteiger partial charge >= 0.3 is 0 Å². The molecule has 24 heavy (non-hydrogen) atoms. The first-order valence-corrected chi connectivity index (χ1v) is 8.31. The molecular weight excluding hydrogens is 300 g/mol. The maximum Gasteiger partial charge on any atom is 0.251 e. The van der Waals surface area contributed by atoms with Gasteiger partial charge in [-0.3, -0.25) is 14.5 Å². The SMILES string of the molecule is CCN(Cc1ccccc1)[C@H]1CC(=O)N(c2ccc(C)cc2)C1=O. The Morgan fingerprint density at radius 3 is 2.33 bits per heavy atom. The summed E-state index contributed by atoms with van der Waals surface area (Å²) >= 11 is 0. The first kappa shape index (κ1) is 16.4. The van der Waals surface area contributed by atoms with Crippen molar-refractivity contribution in [1.29, 1.82) is 0 Å². The predicted molar refractivity (Wildman–Crippen MR) is 94.6 cm³/mol. The number of nitrogens with zero attached hydrogens (tertiary/aromatic N) is 2. The van der Waals surface area contributed by atoms with Crippen molar-refractivity contribution in [3.8, 4) is 0 Å². The van der Waals surface area contributed by atoms with Crippen LogP contribution >= 0.6 is 0 Å². The van der Waals surface area contributed by atoms with Crippen LogP contribution < -0.4 is 4.90 Å². The Kier molecular flexibility index (Phi) is 4.76. The van der Waals surface area contributed by atoms with Gasteiger partial charge in [0.25, 0.3) is 5.91 Å². The zero-order valence-corrected chi connectivity index (χ0v) is 14.1. The van der Waals surface area contributed by atoms with E-state index in [1.54, 1.807) is 0 Å². The molecule has 1 aliphatic heterocycles. The van der Waals surface area contributed by atoms with E-state index in [-0.39, 0.29) is 24.3 Å². The van der Waals surface area contributed by atoms with Crippen LogP contribution in [0.5, 0.6) is 0 Å². The second kappa shape index (κ2) is 6.97. The topological polar surface area (TPSA) is 40.6 Å². The average Bonchev–Trinajstić information content (AvgIpc) is 2.89. The first-order chi connectivity index (χ1) is 11.6. The number of carbonyl (C=O) groups is 2. The summed E-state index contributed by atoms with van der Waals surface area (Å²) < 4.78 is 0. The average molecular weight is 322 g/mol. The molecule has 4 heteroatoms. The van der Waals surface area contributed by atoms with Gasteiger partial charge in [-0.1, -0.05) is 55.0 Å². The van der Waals surface area contributed by atoms with Crippen molar-refractivity contribution in [3.63, 3.8) is 0 Å². The Labute approximate surface area is 142 Å². The van der Waals surface area contributed by atoms with Crippen LogP contribution in [0.4, 0.5) is 5.69 Å². The zero-order chi connectivity index (χ0) is 17.1. The highest BCUT2D eigenvalue weighted by Crippen LogP contribution is 2.26. The lowest BCUT2D eigenvalue weighted by molar-refractivity contribution is -0.123. The molecule has 1 fully saturated rings. The van der Waals surface area contributed by atoms with Crippen molar-refractivity contribution < 1.29 is 9.59 Å². The monoisotopic (exact) mass is 322 g/mol. The molecule has 1 heterocycles. The number of hydrogen-bond acceptors (Lipinski definition) is 3. The molecule has 1 aliphatic rings. The van der Waals surface area contributed by atoms with E-state index >= 15 is 0 Å². The number of aryl methyl sites for hydroxylation is 1. The molecule has 2 aromatic carbocycles. The predicted octanol–water partition coefficient (Wildman–Crippen LogP) is 3.15. The van der Waals surface area contributed by atoms with E-state index in [1.165, 1.54) is 4.90 Å². The standard InChI is InChI=1S/C20H22N2O2/c1-3-21(14-16-7-5-4-6-8-16)18-13-19(23)22(20(18)24)17-11-9-15(2)10-12-17/h4-12,18H,3,13-14H2,1-2H3/t18-/m0/s1. The third kappa shape index (κ3) is 3.24. The third-order valence-corrected chi connectivity index (χ3v) is 4.49. The fourth-order valence-electron chi connectivity index (χ4n) is 3.13. The van der Waals surface area contributed by atoms with Crippen LogP contribution in [-0.2, 0) is 16.1 Å². The molecule has 0 spiro atoms. The summed E-state index contributed by atoms with van der Waals surface area (Å²) in [5.41, 5.74) is 2.91. The summed E-state index contributed by atoms with van der Waals surface area (Å²) in [6.45, 7) is 5.40. The Morgan fingerprint density at radius 2 is 1.71 bits per heavy atom. The van der Waals surface area contributed by atoms with Crippen LogP contribution in [0.25, 0.3) is 0 Å². The van der Waals surface area contributed by atoms with Crippen molar-refractivity contribution >= 4 is 17.5 Å². The van der Waals surface area contributed by atoms with Crippen LogP contribution in [0, 0.1) is 6.92 Å². The minimum absolute atomic E-state index is 0.123. The van der Waals surface area contributed by atoms with Gasteiger partial charge in [0.05, 0.1) is 18.2 Å². The Hall–Kier alpha value is -2.46. The molecule has 0 N–H and O–H groups in total. The van der Waals surface area contributed by atoms with Gasteiger partial charge in [0.1, 0.15) is 0 Å².